The van der Waals surface area contributed by atoms with Crippen LogP contribution in [0.1, 0.15) is 55.2 Å². The van der Waals surface area contributed by atoms with Gasteiger partial charge in [0.05, 0.1) is 11.8 Å². The minimum Gasteiger partial charge on any atom is -0.349 e. The molecular formula is C18H24N4OS. The minimum atomic E-state index is 0.0374. The monoisotopic (exact) mass is 344 g/mol. The molecule has 1 aliphatic carbocycles. The van der Waals surface area contributed by atoms with E-state index in [0.29, 0.717) is 11.8 Å². The van der Waals surface area contributed by atoms with Crippen molar-refractivity contribution in [1.82, 2.24) is 20.1 Å². The predicted octanol–water partition coefficient (Wildman–Crippen LogP) is 3.59. The topological polar surface area (TPSA) is 59.8 Å². The van der Waals surface area contributed by atoms with Gasteiger partial charge in [-0.3, -0.25) is 4.79 Å². The quantitative estimate of drug-likeness (QED) is 0.780. The summed E-state index contributed by atoms with van der Waals surface area (Å²) in [7, 11) is 0. The normalized spacial score (nSPS) is 15.3. The van der Waals surface area contributed by atoms with E-state index in [9.17, 15) is 4.79 Å². The maximum atomic E-state index is 12.3. The first kappa shape index (κ1) is 17.0. The van der Waals surface area contributed by atoms with Gasteiger partial charge in [0, 0.05) is 6.04 Å². The van der Waals surface area contributed by atoms with Crippen LogP contribution in [0.4, 0.5) is 0 Å². The Bertz CT molecular complexity index is 706. The molecule has 0 unspecified atom stereocenters. The number of amides is 1. The van der Waals surface area contributed by atoms with Gasteiger partial charge >= 0.3 is 0 Å². The average molecular weight is 344 g/mol. The molecular weight excluding hydrogens is 320 g/mol. The van der Waals surface area contributed by atoms with Crippen LogP contribution in [-0.2, 0) is 4.79 Å². The zero-order valence-corrected chi connectivity index (χ0v) is 15.3. The summed E-state index contributed by atoms with van der Waals surface area (Å²) in [4.78, 5) is 12.3. The Morgan fingerprint density at radius 1 is 1.29 bits per heavy atom. The van der Waals surface area contributed by atoms with E-state index in [1.807, 2.05) is 6.92 Å². The molecule has 1 amide bonds. The third-order valence-electron chi connectivity index (χ3n) is 4.30. The molecule has 0 spiro atoms. The third kappa shape index (κ3) is 3.98. The van der Waals surface area contributed by atoms with Crippen molar-refractivity contribution in [1.29, 1.82) is 0 Å². The van der Waals surface area contributed by atoms with Crippen LogP contribution in [0.3, 0.4) is 0 Å². The number of rotatable bonds is 7. The second-order valence-corrected chi connectivity index (χ2v) is 7.30. The number of aromatic nitrogens is 3. The van der Waals surface area contributed by atoms with Crippen LogP contribution < -0.4 is 5.32 Å². The third-order valence-corrected chi connectivity index (χ3v) is 5.25. The van der Waals surface area contributed by atoms with Gasteiger partial charge in [-0.2, -0.15) is 0 Å². The molecule has 0 aliphatic heterocycles. The lowest BCUT2D eigenvalue weighted by Gasteiger charge is -2.17. The van der Waals surface area contributed by atoms with E-state index in [-0.39, 0.29) is 11.9 Å². The number of thioether (sulfide) groups is 1. The number of carbonyl (C=O) groups is 1. The Morgan fingerprint density at radius 3 is 2.62 bits per heavy atom. The molecule has 24 heavy (non-hydrogen) atoms. The number of benzene rings is 1. The van der Waals surface area contributed by atoms with Crippen molar-refractivity contribution < 1.29 is 4.79 Å². The number of aryl methyl sites for hydroxylation is 2. The first-order chi connectivity index (χ1) is 11.6. The molecule has 1 aliphatic rings. The van der Waals surface area contributed by atoms with Crippen molar-refractivity contribution in [3.63, 3.8) is 0 Å². The number of hydrogen-bond acceptors (Lipinski definition) is 4. The molecule has 0 saturated heterocycles. The molecule has 0 radical (unpaired) electrons. The molecule has 2 aromatic rings. The molecule has 6 heteroatoms. The molecule has 1 N–H and O–H groups in total. The number of hydrogen-bond donors (Lipinski definition) is 1. The molecule has 1 aromatic carbocycles. The van der Waals surface area contributed by atoms with Gasteiger partial charge < -0.3 is 9.88 Å². The SMILES string of the molecule is CC[C@H](NC(=O)CSc1nnc(C)n1C1CC1)c1ccc(C)cc1. The first-order valence-corrected chi connectivity index (χ1v) is 9.47. The molecule has 1 aromatic heterocycles. The van der Waals surface area contributed by atoms with Crippen molar-refractivity contribution in [3.05, 3.63) is 41.2 Å². The number of nitrogens with one attached hydrogen (secondary N) is 1. The van der Waals surface area contributed by atoms with Gasteiger partial charge in [0.15, 0.2) is 5.16 Å². The van der Waals surface area contributed by atoms with E-state index in [1.165, 1.54) is 30.2 Å². The summed E-state index contributed by atoms with van der Waals surface area (Å²) in [6.07, 6.45) is 3.24. The van der Waals surface area contributed by atoms with Crippen molar-refractivity contribution in [2.24, 2.45) is 0 Å². The van der Waals surface area contributed by atoms with E-state index in [2.05, 4.69) is 58.2 Å². The van der Waals surface area contributed by atoms with Gasteiger partial charge in [-0.25, -0.2) is 0 Å². The molecule has 5 nitrogen and oxygen atoms in total. The zero-order chi connectivity index (χ0) is 17.1. The van der Waals surface area contributed by atoms with Crippen LogP contribution in [0.5, 0.6) is 0 Å². The molecule has 0 bridgehead atoms. The van der Waals surface area contributed by atoms with Crippen LogP contribution >= 0.6 is 11.8 Å². The van der Waals surface area contributed by atoms with Gasteiger partial charge in [-0.05, 0) is 38.7 Å². The highest BCUT2D eigenvalue weighted by Crippen LogP contribution is 2.38. The maximum Gasteiger partial charge on any atom is 0.230 e. The molecule has 3 rings (SSSR count). The van der Waals surface area contributed by atoms with E-state index in [4.69, 9.17) is 0 Å². The average Bonchev–Trinajstić information content (AvgIpc) is 3.34. The predicted molar refractivity (Wildman–Crippen MR) is 96.1 cm³/mol. The molecule has 128 valence electrons. The van der Waals surface area contributed by atoms with Crippen molar-refractivity contribution >= 4 is 17.7 Å². The van der Waals surface area contributed by atoms with Gasteiger partial charge in [0.1, 0.15) is 5.82 Å². The Hall–Kier alpha value is -1.82. The van der Waals surface area contributed by atoms with Crippen LogP contribution in [0.25, 0.3) is 0 Å². The fraction of sp³-hybridized carbons (Fsp3) is 0.500. The maximum absolute atomic E-state index is 12.3. The van der Waals surface area contributed by atoms with Gasteiger partial charge in [-0.1, -0.05) is 48.5 Å². The van der Waals surface area contributed by atoms with Crippen molar-refractivity contribution in [3.8, 4) is 0 Å². The van der Waals surface area contributed by atoms with Crippen LogP contribution in [0.2, 0.25) is 0 Å². The second kappa shape index (κ2) is 7.38. The fourth-order valence-electron chi connectivity index (χ4n) is 2.79. The minimum absolute atomic E-state index is 0.0374. The lowest BCUT2D eigenvalue weighted by Crippen LogP contribution is -2.29. The van der Waals surface area contributed by atoms with Crippen LogP contribution in [-0.4, -0.2) is 26.4 Å². The molecule has 1 atom stereocenters. The van der Waals surface area contributed by atoms with Crippen LogP contribution in [0.15, 0.2) is 29.4 Å². The Balaban J connectivity index is 1.57. The van der Waals surface area contributed by atoms with Gasteiger partial charge in [0.2, 0.25) is 5.91 Å². The molecule has 1 fully saturated rings. The van der Waals surface area contributed by atoms with E-state index >= 15 is 0 Å². The summed E-state index contributed by atoms with van der Waals surface area (Å²) < 4.78 is 2.16. The standard InChI is InChI=1S/C18H24N4OS/c1-4-16(14-7-5-12(2)6-8-14)19-17(23)11-24-18-21-20-13(3)22(18)15-9-10-15/h5-8,15-16H,4,9-11H2,1-3H3,(H,19,23)/t16-/m0/s1. The zero-order valence-electron chi connectivity index (χ0n) is 14.5. The number of nitrogens with zero attached hydrogens (tertiary/aromatic N) is 3. The fourth-order valence-corrected chi connectivity index (χ4v) is 3.65. The van der Waals surface area contributed by atoms with Crippen molar-refractivity contribution in [2.75, 3.05) is 5.75 Å². The molecule has 1 saturated carbocycles. The van der Waals surface area contributed by atoms with E-state index in [1.54, 1.807) is 0 Å². The Labute approximate surface area is 147 Å². The Kier molecular flexibility index (Phi) is 5.23. The van der Waals surface area contributed by atoms with E-state index in [0.717, 1.165) is 23.0 Å². The largest absolute Gasteiger partial charge is 0.349 e. The van der Waals surface area contributed by atoms with E-state index < -0.39 is 0 Å². The highest BCUT2D eigenvalue weighted by molar-refractivity contribution is 7.99. The molecule has 1 heterocycles. The number of carbonyl (C=O) groups excluding carboxylic acids is 1. The van der Waals surface area contributed by atoms with Crippen LogP contribution in [0, 0.1) is 13.8 Å². The van der Waals surface area contributed by atoms with Gasteiger partial charge in [-0.15, -0.1) is 10.2 Å². The first-order valence-electron chi connectivity index (χ1n) is 8.48. The lowest BCUT2D eigenvalue weighted by atomic mass is 10.0. The summed E-state index contributed by atoms with van der Waals surface area (Å²) in [6.45, 7) is 6.13. The highest BCUT2D eigenvalue weighted by atomic mass is 32.2. The summed E-state index contributed by atoms with van der Waals surface area (Å²) in [5, 5.41) is 12.3. The summed E-state index contributed by atoms with van der Waals surface area (Å²) >= 11 is 1.47. The highest BCUT2D eigenvalue weighted by Gasteiger charge is 2.28. The van der Waals surface area contributed by atoms with Crippen molar-refractivity contribution in [2.45, 2.75) is 57.3 Å². The second-order valence-electron chi connectivity index (χ2n) is 6.36. The van der Waals surface area contributed by atoms with Gasteiger partial charge in [0.25, 0.3) is 0 Å². The summed E-state index contributed by atoms with van der Waals surface area (Å²) in [5.74, 6) is 1.34. The lowest BCUT2D eigenvalue weighted by molar-refractivity contribution is -0.119. The Morgan fingerprint density at radius 2 is 2.00 bits per heavy atom. The smallest absolute Gasteiger partial charge is 0.230 e. The summed E-state index contributed by atoms with van der Waals surface area (Å²) in [6, 6.07) is 8.93. The summed E-state index contributed by atoms with van der Waals surface area (Å²) in [5.41, 5.74) is 2.38.